The van der Waals surface area contributed by atoms with E-state index in [4.69, 9.17) is 0 Å². The van der Waals surface area contributed by atoms with Crippen molar-refractivity contribution in [2.24, 2.45) is 5.92 Å². The molecule has 0 fully saturated rings. The van der Waals surface area contributed by atoms with Crippen LogP contribution >= 0.6 is 0 Å². The monoisotopic (exact) mass is 249 g/mol. The highest BCUT2D eigenvalue weighted by molar-refractivity contribution is 5.50. The van der Waals surface area contributed by atoms with Gasteiger partial charge in [-0.05, 0) is 23.3 Å². The predicted molar refractivity (Wildman–Crippen MR) is 70.6 cm³/mol. The molecule has 4 heteroatoms. The van der Waals surface area contributed by atoms with Crippen molar-refractivity contribution < 1.29 is 9.72 Å². The molecule has 0 saturated carbocycles. The number of hydrogen-bond donors (Lipinski definition) is 0. The van der Waals surface area contributed by atoms with Gasteiger partial charge in [0.2, 0.25) is 0 Å². The average Bonchev–Trinajstić information content (AvgIpc) is 2.35. The van der Waals surface area contributed by atoms with Gasteiger partial charge in [-0.2, -0.15) is 0 Å². The second kappa shape index (κ2) is 5.76. The summed E-state index contributed by atoms with van der Waals surface area (Å²) in [6, 6.07) is 6.64. The zero-order valence-corrected chi connectivity index (χ0v) is 11.1. The normalized spacial score (nSPS) is 14.2. The maximum absolute atomic E-state index is 10.6. The van der Waals surface area contributed by atoms with Gasteiger partial charge in [-0.15, -0.1) is 0 Å². The lowest BCUT2D eigenvalue weighted by Crippen LogP contribution is -2.28. The van der Waals surface area contributed by atoms with Crippen LogP contribution in [0.4, 0.5) is 5.69 Å². The number of nitro benzene ring substituents is 1. The molecule has 0 aliphatic heterocycles. The van der Waals surface area contributed by atoms with Gasteiger partial charge in [0, 0.05) is 18.6 Å². The minimum atomic E-state index is -0.401. The van der Waals surface area contributed by atoms with Gasteiger partial charge in [0.15, 0.2) is 0 Å². The molecule has 18 heavy (non-hydrogen) atoms. The van der Waals surface area contributed by atoms with Gasteiger partial charge in [0.25, 0.3) is 5.69 Å². The Kier molecular flexibility index (Phi) is 4.59. The maximum atomic E-state index is 10.6. The molecule has 1 rings (SSSR count). The average molecular weight is 249 g/mol. The minimum absolute atomic E-state index is 0.0974. The Hall–Kier alpha value is -1.71. The molecule has 1 unspecified atom stereocenters. The molecule has 98 valence electrons. The fourth-order valence-corrected chi connectivity index (χ4v) is 2.09. The molecule has 0 heterocycles. The van der Waals surface area contributed by atoms with Gasteiger partial charge in [-0.25, -0.2) is 0 Å². The van der Waals surface area contributed by atoms with Crippen LogP contribution in [0.2, 0.25) is 0 Å². The first-order chi connectivity index (χ1) is 8.41. The molecule has 1 aromatic rings. The zero-order valence-electron chi connectivity index (χ0n) is 11.1. The van der Waals surface area contributed by atoms with Crippen LogP contribution in [0.25, 0.3) is 0 Å². The predicted octanol–water partition coefficient (Wildman–Crippen LogP) is 3.49. The van der Waals surface area contributed by atoms with Crippen LogP contribution in [0, 0.1) is 16.0 Å². The number of rotatable bonds is 6. The van der Waals surface area contributed by atoms with E-state index in [1.165, 1.54) is 12.1 Å². The van der Waals surface area contributed by atoms with Crippen LogP contribution in [0.15, 0.2) is 24.3 Å². The van der Waals surface area contributed by atoms with Crippen molar-refractivity contribution in [3.63, 3.8) is 0 Å². The number of carbonyl (C=O) groups excluding carboxylic acids is 1. The summed E-state index contributed by atoms with van der Waals surface area (Å²) in [5.41, 5.74) is 1.01. The molecule has 0 saturated heterocycles. The quantitative estimate of drug-likeness (QED) is 0.440. The maximum Gasteiger partial charge on any atom is 0.269 e. The fraction of sp³-hybridized carbons (Fsp3) is 0.500. The second-order valence-electron chi connectivity index (χ2n) is 5.08. The van der Waals surface area contributed by atoms with Gasteiger partial charge >= 0.3 is 0 Å². The highest BCUT2D eigenvalue weighted by Crippen LogP contribution is 2.36. The molecule has 0 bridgehead atoms. The van der Waals surface area contributed by atoms with E-state index in [1.54, 1.807) is 12.1 Å². The van der Waals surface area contributed by atoms with Gasteiger partial charge in [0.1, 0.15) is 6.29 Å². The lowest BCUT2D eigenvalue weighted by molar-refractivity contribution is -0.384. The molecule has 1 aromatic carbocycles. The van der Waals surface area contributed by atoms with Crippen LogP contribution in [0.5, 0.6) is 0 Å². The molecular weight excluding hydrogens is 230 g/mol. The standard InChI is InChI=1S/C14H19NO3/c1-11(2)14(3,9-4-10-16)12-5-7-13(8-6-12)15(17)18/h5-8,10-11H,4,9H2,1-3H3. The van der Waals surface area contributed by atoms with Gasteiger partial charge < -0.3 is 4.79 Å². The molecule has 0 aliphatic carbocycles. The lowest BCUT2D eigenvalue weighted by atomic mass is 9.70. The van der Waals surface area contributed by atoms with E-state index in [0.717, 1.165) is 18.3 Å². The first kappa shape index (κ1) is 14.4. The summed E-state index contributed by atoms with van der Waals surface area (Å²) >= 11 is 0. The third kappa shape index (κ3) is 2.94. The smallest absolute Gasteiger partial charge is 0.269 e. The summed E-state index contributed by atoms with van der Waals surface area (Å²) in [4.78, 5) is 20.8. The van der Waals surface area contributed by atoms with E-state index >= 15 is 0 Å². The van der Waals surface area contributed by atoms with Crippen molar-refractivity contribution in [1.29, 1.82) is 0 Å². The summed E-state index contributed by atoms with van der Waals surface area (Å²) in [6.07, 6.45) is 2.18. The van der Waals surface area contributed by atoms with Crippen molar-refractivity contribution in [3.8, 4) is 0 Å². The Morgan fingerprint density at radius 1 is 1.33 bits per heavy atom. The summed E-state index contributed by atoms with van der Waals surface area (Å²) < 4.78 is 0. The number of nitrogens with zero attached hydrogens (tertiary/aromatic N) is 1. The molecule has 0 aliphatic rings. The fourth-order valence-electron chi connectivity index (χ4n) is 2.09. The molecule has 4 nitrogen and oxygen atoms in total. The molecule has 0 amide bonds. The highest BCUT2D eigenvalue weighted by Gasteiger charge is 2.30. The summed E-state index contributed by atoms with van der Waals surface area (Å²) in [5.74, 6) is 0.360. The van der Waals surface area contributed by atoms with Crippen molar-refractivity contribution in [1.82, 2.24) is 0 Å². The number of nitro groups is 1. The first-order valence-electron chi connectivity index (χ1n) is 6.10. The largest absolute Gasteiger partial charge is 0.303 e. The number of non-ortho nitro benzene ring substituents is 1. The van der Waals surface area contributed by atoms with Crippen LogP contribution in [0.1, 0.15) is 39.2 Å². The van der Waals surface area contributed by atoms with E-state index in [9.17, 15) is 14.9 Å². The Morgan fingerprint density at radius 2 is 1.89 bits per heavy atom. The SMILES string of the molecule is CC(C)C(C)(CCC=O)c1ccc([N+](=O)[O-])cc1. The zero-order chi connectivity index (χ0) is 13.8. The van der Waals surface area contributed by atoms with Gasteiger partial charge in [0.05, 0.1) is 4.92 Å². The van der Waals surface area contributed by atoms with Crippen LogP contribution in [0.3, 0.4) is 0 Å². The molecule has 0 aromatic heterocycles. The highest BCUT2D eigenvalue weighted by atomic mass is 16.6. The third-order valence-corrected chi connectivity index (χ3v) is 3.79. The van der Waals surface area contributed by atoms with Crippen LogP contribution in [-0.2, 0) is 10.2 Å². The van der Waals surface area contributed by atoms with Gasteiger partial charge in [-0.3, -0.25) is 10.1 Å². The summed E-state index contributed by atoms with van der Waals surface area (Å²) in [5, 5.41) is 10.6. The number of aldehydes is 1. The molecular formula is C14H19NO3. The van der Waals surface area contributed by atoms with E-state index in [0.29, 0.717) is 12.3 Å². The molecule has 0 spiro atoms. The van der Waals surface area contributed by atoms with E-state index < -0.39 is 4.92 Å². The van der Waals surface area contributed by atoms with Crippen molar-refractivity contribution in [2.75, 3.05) is 0 Å². The van der Waals surface area contributed by atoms with E-state index in [1.807, 2.05) is 0 Å². The first-order valence-corrected chi connectivity index (χ1v) is 6.10. The van der Waals surface area contributed by atoms with Crippen LogP contribution in [-0.4, -0.2) is 11.2 Å². The van der Waals surface area contributed by atoms with Crippen LogP contribution < -0.4 is 0 Å². The van der Waals surface area contributed by atoms with Crippen molar-refractivity contribution in [2.45, 2.75) is 39.0 Å². The Morgan fingerprint density at radius 3 is 2.28 bits per heavy atom. The molecule has 0 radical (unpaired) electrons. The number of carbonyl (C=O) groups is 1. The third-order valence-electron chi connectivity index (χ3n) is 3.79. The van der Waals surface area contributed by atoms with Crippen molar-refractivity contribution in [3.05, 3.63) is 39.9 Å². The number of hydrogen-bond acceptors (Lipinski definition) is 3. The summed E-state index contributed by atoms with van der Waals surface area (Å²) in [7, 11) is 0. The lowest BCUT2D eigenvalue weighted by Gasteiger charge is -2.34. The molecule has 1 atom stereocenters. The van der Waals surface area contributed by atoms with Gasteiger partial charge in [-0.1, -0.05) is 32.9 Å². The Bertz CT molecular complexity index is 425. The Labute approximate surface area is 107 Å². The second-order valence-corrected chi connectivity index (χ2v) is 5.08. The Balaban J connectivity index is 3.06. The summed E-state index contributed by atoms with van der Waals surface area (Å²) in [6.45, 7) is 6.31. The van der Waals surface area contributed by atoms with E-state index in [2.05, 4.69) is 20.8 Å². The topological polar surface area (TPSA) is 60.2 Å². The minimum Gasteiger partial charge on any atom is -0.303 e. The van der Waals surface area contributed by atoms with Crippen molar-refractivity contribution >= 4 is 12.0 Å². The molecule has 0 N–H and O–H groups in total. The van der Waals surface area contributed by atoms with E-state index in [-0.39, 0.29) is 11.1 Å². The number of benzene rings is 1.